The van der Waals surface area contributed by atoms with Crippen LogP contribution in [0, 0.1) is 17.2 Å². The van der Waals surface area contributed by atoms with Gasteiger partial charge in [0.2, 0.25) is 0 Å². The van der Waals surface area contributed by atoms with Crippen molar-refractivity contribution in [3.8, 4) is 17.5 Å². The van der Waals surface area contributed by atoms with Gasteiger partial charge in [0.25, 0.3) is 0 Å². The van der Waals surface area contributed by atoms with Crippen LogP contribution >= 0.6 is 11.6 Å². The lowest BCUT2D eigenvalue weighted by molar-refractivity contribution is 0.485. The van der Waals surface area contributed by atoms with Crippen molar-refractivity contribution in [2.24, 2.45) is 13.0 Å². The number of imidazole rings is 1. The first-order valence-corrected chi connectivity index (χ1v) is 8.77. The van der Waals surface area contributed by atoms with Crippen molar-refractivity contribution in [2.45, 2.75) is 12.8 Å². The Bertz CT molecular complexity index is 964. The molecular formula is C19H18ClN5. The molecule has 1 aliphatic rings. The van der Waals surface area contributed by atoms with E-state index in [0.717, 1.165) is 54.2 Å². The van der Waals surface area contributed by atoms with Crippen molar-refractivity contribution in [2.75, 3.05) is 18.0 Å². The zero-order valence-electron chi connectivity index (χ0n) is 14.0. The van der Waals surface area contributed by atoms with Crippen LogP contribution in [-0.4, -0.2) is 27.6 Å². The third kappa shape index (κ3) is 2.83. The van der Waals surface area contributed by atoms with Gasteiger partial charge in [-0.15, -0.1) is 0 Å². The van der Waals surface area contributed by atoms with Crippen molar-refractivity contribution in [1.29, 1.82) is 5.26 Å². The fourth-order valence-corrected chi connectivity index (χ4v) is 3.58. The zero-order valence-corrected chi connectivity index (χ0v) is 14.7. The van der Waals surface area contributed by atoms with Crippen LogP contribution in [0.1, 0.15) is 12.8 Å². The van der Waals surface area contributed by atoms with Crippen LogP contribution in [0.2, 0.25) is 5.02 Å². The maximum atomic E-state index is 9.06. The second-order valence-electron chi connectivity index (χ2n) is 6.40. The second kappa shape index (κ2) is 6.38. The summed E-state index contributed by atoms with van der Waals surface area (Å²) in [6, 6.07) is 12.4. The van der Waals surface area contributed by atoms with Gasteiger partial charge in [-0.3, -0.25) is 0 Å². The van der Waals surface area contributed by atoms with Crippen molar-refractivity contribution < 1.29 is 0 Å². The summed E-state index contributed by atoms with van der Waals surface area (Å²) in [5, 5.41) is 9.66. The van der Waals surface area contributed by atoms with E-state index in [1.165, 1.54) is 0 Å². The summed E-state index contributed by atoms with van der Waals surface area (Å²) in [4.78, 5) is 11.5. The summed E-state index contributed by atoms with van der Waals surface area (Å²) in [7, 11) is 2.00. The first-order chi connectivity index (χ1) is 12.2. The van der Waals surface area contributed by atoms with Gasteiger partial charge in [-0.1, -0.05) is 23.7 Å². The number of nitriles is 1. The normalized spacial score (nSPS) is 15.5. The van der Waals surface area contributed by atoms with Crippen molar-refractivity contribution in [3.05, 3.63) is 41.6 Å². The predicted molar refractivity (Wildman–Crippen MR) is 99.5 cm³/mol. The van der Waals surface area contributed by atoms with Crippen LogP contribution in [0.4, 0.5) is 5.82 Å². The maximum absolute atomic E-state index is 9.06. The highest BCUT2D eigenvalue weighted by Gasteiger charge is 2.21. The van der Waals surface area contributed by atoms with E-state index < -0.39 is 0 Å². The van der Waals surface area contributed by atoms with Gasteiger partial charge in [0.15, 0.2) is 0 Å². The topological polar surface area (TPSA) is 57.7 Å². The quantitative estimate of drug-likeness (QED) is 0.699. The number of aromatic nitrogens is 3. The number of nitrogens with zero attached hydrogens (tertiary/aromatic N) is 5. The smallest absolute Gasteiger partial charge is 0.142 e. The van der Waals surface area contributed by atoms with E-state index >= 15 is 0 Å². The number of aryl methyl sites for hydroxylation is 1. The van der Waals surface area contributed by atoms with E-state index in [1.54, 1.807) is 6.20 Å². The first kappa shape index (κ1) is 15.9. The van der Waals surface area contributed by atoms with E-state index in [9.17, 15) is 0 Å². The van der Waals surface area contributed by atoms with Gasteiger partial charge in [-0.05, 0) is 31.0 Å². The molecule has 25 heavy (non-hydrogen) atoms. The Morgan fingerprint density at radius 1 is 1.24 bits per heavy atom. The molecule has 0 bridgehead atoms. The molecule has 1 aromatic carbocycles. The van der Waals surface area contributed by atoms with E-state index in [4.69, 9.17) is 21.8 Å². The average molecular weight is 352 g/mol. The molecule has 3 heterocycles. The SMILES string of the molecule is Cn1c(-c2cc(N3CCC(C#N)CC3)ncc2Cl)nc2ccccc21. The molecule has 0 aliphatic carbocycles. The number of fused-ring (bicyclic) bond motifs is 1. The molecule has 6 heteroatoms. The lowest BCUT2D eigenvalue weighted by atomic mass is 9.98. The highest BCUT2D eigenvalue weighted by molar-refractivity contribution is 6.33. The Morgan fingerprint density at radius 2 is 2.00 bits per heavy atom. The number of halogens is 1. The van der Waals surface area contributed by atoms with Gasteiger partial charge in [-0.2, -0.15) is 5.26 Å². The van der Waals surface area contributed by atoms with Crippen LogP contribution < -0.4 is 4.90 Å². The molecule has 1 fully saturated rings. The third-order valence-electron chi connectivity index (χ3n) is 4.87. The third-order valence-corrected chi connectivity index (χ3v) is 5.17. The molecule has 0 spiro atoms. The van der Waals surface area contributed by atoms with Gasteiger partial charge in [0.1, 0.15) is 11.6 Å². The standard InChI is InChI=1S/C19H18ClN5/c1-24-17-5-3-2-4-16(17)23-19(24)14-10-18(22-12-15(14)20)25-8-6-13(11-21)7-9-25/h2-5,10,12-13H,6-9H2,1H3. The second-order valence-corrected chi connectivity index (χ2v) is 6.80. The predicted octanol–water partition coefficient (Wildman–Crippen LogP) is 4.03. The van der Waals surface area contributed by atoms with Gasteiger partial charge in [-0.25, -0.2) is 9.97 Å². The average Bonchev–Trinajstić information content (AvgIpc) is 2.99. The molecule has 0 radical (unpaired) electrons. The van der Waals surface area contributed by atoms with Crippen molar-refractivity contribution in [3.63, 3.8) is 0 Å². The van der Waals surface area contributed by atoms with Gasteiger partial charge in [0.05, 0.1) is 22.1 Å². The number of anilines is 1. The number of benzene rings is 1. The van der Waals surface area contributed by atoms with Crippen LogP contribution in [0.25, 0.3) is 22.4 Å². The summed E-state index contributed by atoms with van der Waals surface area (Å²) in [6.07, 6.45) is 3.45. The molecule has 0 saturated carbocycles. The summed E-state index contributed by atoms with van der Waals surface area (Å²) in [6.45, 7) is 1.68. The molecule has 0 atom stereocenters. The number of piperidine rings is 1. The Balaban J connectivity index is 1.73. The Hall–Kier alpha value is -2.58. The fraction of sp³-hybridized carbons (Fsp3) is 0.316. The highest BCUT2D eigenvalue weighted by atomic mass is 35.5. The monoisotopic (exact) mass is 351 g/mol. The summed E-state index contributed by atoms with van der Waals surface area (Å²) >= 11 is 6.44. The molecule has 0 amide bonds. The van der Waals surface area contributed by atoms with E-state index in [1.807, 2.05) is 31.3 Å². The van der Waals surface area contributed by atoms with Crippen LogP contribution in [-0.2, 0) is 7.05 Å². The van der Waals surface area contributed by atoms with Gasteiger partial charge < -0.3 is 9.47 Å². The minimum Gasteiger partial charge on any atom is -0.357 e. The molecule has 126 valence electrons. The summed E-state index contributed by atoms with van der Waals surface area (Å²) in [5.74, 6) is 1.88. The number of hydrogen-bond donors (Lipinski definition) is 0. The zero-order chi connectivity index (χ0) is 17.4. The first-order valence-electron chi connectivity index (χ1n) is 8.39. The van der Waals surface area contributed by atoms with Crippen LogP contribution in [0.3, 0.4) is 0 Å². The highest BCUT2D eigenvalue weighted by Crippen LogP contribution is 2.32. The van der Waals surface area contributed by atoms with E-state index in [-0.39, 0.29) is 5.92 Å². The largest absolute Gasteiger partial charge is 0.357 e. The van der Waals surface area contributed by atoms with E-state index in [0.29, 0.717) is 5.02 Å². The van der Waals surface area contributed by atoms with Crippen LogP contribution in [0.15, 0.2) is 36.5 Å². The minimum atomic E-state index is 0.155. The Morgan fingerprint density at radius 3 is 2.72 bits per heavy atom. The number of rotatable bonds is 2. The van der Waals surface area contributed by atoms with Crippen molar-refractivity contribution >= 4 is 28.5 Å². The molecule has 1 saturated heterocycles. The van der Waals surface area contributed by atoms with E-state index in [2.05, 4.69) is 26.6 Å². The molecule has 5 nitrogen and oxygen atoms in total. The maximum Gasteiger partial charge on any atom is 0.142 e. The van der Waals surface area contributed by atoms with Crippen LogP contribution in [0.5, 0.6) is 0 Å². The fourth-order valence-electron chi connectivity index (χ4n) is 3.40. The lowest BCUT2D eigenvalue weighted by Crippen LogP contribution is -2.33. The molecule has 1 aliphatic heterocycles. The molecule has 3 aromatic rings. The Labute approximate surface area is 151 Å². The van der Waals surface area contributed by atoms with Crippen molar-refractivity contribution in [1.82, 2.24) is 14.5 Å². The number of hydrogen-bond acceptors (Lipinski definition) is 4. The molecule has 0 unspecified atom stereocenters. The molecule has 4 rings (SSSR count). The number of pyridine rings is 1. The minimum absolute atomic E-state index is 0.155. The lowest BCUT2D eigenvalue weighted by Gasteiger charge is -2.30. The number of para-hydroxylation sites is 2. The van der Waals surface area contributed by atoms with Gasteiger partial charge in [0, 0.05) is 37.8 Å². The van der Waals surface area contributed by atoms with Gasteiger partial charge >= 0.3 is 0 Å². The molecular weight excluding hydrogens is 334 g/mol. The molecule has 0 N–H and O–H groups in total. The summed E-state index contributed by atoms with van der Waals surface area (Å²) in [5.41, 5.74) is 2.90. The summed E-state index contributed by atoms with van der Waals surface area (Å²) < 4.78 is 2.06. The Kier molecular flexibility index (Phi) is 4.06. The molecule has 2 aromatic heterocycles.